The number of rotatable bonds is 10. The Morgan fingerprint density at radius 1 is 1.00 bits per heavy atom. The van der Waals surface area contributed by atoms with Crippen LogP contribution in [0.15, 0.2) is 60.7 Å². The van der Waals surface area contributed by atoms with Gasteiger partial charge < -0.3 is 20.3 Å². The van der Waals surface area contributed by atoms with Crippen molar-refractivity contribution in [2.24, 2.45) is 5.73 Å². The van der Waals surface area contributed by atoms with Crippen LogP contribution >= 0.6 is 0 Å². The first-order valence-corrected chi connectivity index (χ1v) is 10.8. The van der Waals surface area contributed by atoms with E-state index in [1.165, 1.54) is 0 Å². The monoisotopic (exact) mass is 433 g/mol. The minimum absolute atomic E-state index is 0.0267. The summed E-state index contributed by atoms with van der Waals surface area (Å²) in [7, 11) is 3.55. The molecular weight excluding hydrogens is 402 g/mol. The van der Waals surface area contributed by atoms with Gasteiger partial charge in [-0.2, -0.15) is 0 Å². The Balaban J connectivity index is 1.76. The van der Waals surface area contributed by atoms with Crippen molar-refractivity contribution in [1.82, 2.24) is 4.90 Å². The molecule has 1 amide bonds. The average molecular weight is 434 g/mol. The number of fused-ring (bicyclic) bond motifs is 1. The van der Waals surface area contributed by atoms with E-state index >= 15 is 0 Å². The first kappa shape index (κ1) is 23.3. The predicted molar refractivity (Wildman–Crippen MR) is 129 cm³/mol. The molecule has 168 valence electrons. The number of methoxy groups -OCH3 is 1. The summed E-state index contributed by atoms with van der Waals surface area (Å²) >= 11 is 0. The highest BCUT2D eigenvalue weighted by molar-refractivity contribution is 5.99. The molecule has 0 aliphatic carbocycles. The quantitative estimate of drug-likeness (QED) is 0.491. The van der Waals surface area contributed by atoms with Gasteiger partial charge in [0.15, 0.2) is 5.78 Å². The highest BCUT2D eigenvalue weighted by Crippen LogP contribution is 2.24. The number of likely N-dealkylation sites (N-methyl/N-ethyl adjacent to an activating group) is 1. The van der Waals surface area contributed by atoms with E-state index in [-0.39, 0.29) is 18.2 Å². The second kappa shape index (κ2) is 10.8. The molecule has 6 nitrogen and oxygen atoms in total. The van der Waals surface area contributed by atoms with E-state index in [2.05, 4.69) is 0 Å². The molecule has 0 radical (unpaired) electrons. The second-order valence-corrected chi connectivity index (χ2v) is 7.93. The van der Waals surface area contributed by atoms with E-state index in [9.17, 15) is 9.59 Å². The van der Waals surface area contributed by atoms with Crippen LogP contribution in [0.25, 0.3) is 10.8 Å². The number of nitrogens with zero attached hydrogens (tertiary/aromatic N) is 2. The van der Waals surface area contributed by atoms with Crippen LogP contribution in [0.3, 0.4) is 0 Å². The summed E-state index contributed by atoms with van der Waals surface area (Å²) in [5.41, 5.74) is 8.31. The lowest BCUT2D eigenvalue weighted by molar-refractivity contribution is -0.130. The third-order valence-corrected chi connectivity index (χ3v) is 5.58. The second-order valence-electron chi connectivity index (χ2n) is 7.93. The average Bonchev–Trinajstić information content (AvgIpc) is 2.81. The number of ether oxygens (including phenoxy) is 1. The molecule has 3 aromatic carbocycles. The molecule has 0 atom stereocenters. The summed E-state index contributed by atoms with van der Waals surface area (Å²) < 4.78 is 5.45. The Morgan fingerprint density at radius 2 is 1.72 bits per heavy atom. The van der Waals surface area contributed by atoms with Crippen LogP contribution in [-0.4, -0.2) is 50.4 Å². The Morgan fingerprint density at radius 3 is 2.44 bits per heavy atom. The normalized spacial score (nSPS) is 10.8. The molecule has 0 saturated heterocycles. The summed E-state index contributed by atoms with van der Waals surface area (Å²) in [4.78, 5) is 28.6. The molecule has 32 heavy (non-hydrogen) atoms. The van der Waals surface area contributed by atoms with Gasteiger partial charge in [0, 0.05) is 37.0 Å². The Kier molecular flexibility index (Phi) is 7.84. The molecule has 3 aromatic rings. The Hall–Kier alpha value is -3.38. The van der Waals surface area contributed by atoms with Crippen LogP contribution in [0.1, 0.15) is 29.3 Å². The number of carbonyl (C=O) groups is 2. The van der Waals surface area contributed by atoms with E-state index in [0.29, 0.717) is 25.2 Å². The van der Waals surface area contributed by atoms with Gasteiger partial charge in [0.2, 0.25) is 5.91 Å². The number of amides is 1. The van der Waals surface area contributed by atoms with Crippen molar-refractivity contribution >= 4 is 28.2 Å². The highest BCUT2D eigenvalue weighted by atomic mass is 16.5. The smallest absolute Gasteiger partial charge is 0.242 e. The van der Waals surface area contributed by atoms with Gasteiger partial charge in [-0.15, -0.1) is 0 Å². The lowest BCUT2D eigenvalue weighted by atomic mass is 10.0. The Labute approximate surface area is 189 Å². The van der Waals surface area contributed by atoms with Crippen molar-refractivity contribution in [1.29, 1.82) is 0 Å². The third-order valence-electron chi connectivity index (χ3n) is 5.58. The van der Waals surface area contributed by atoms with Gasteiger partial charge in [-0.25, -0.2) is 0 Å². The zero-order chi connectivity index (χ0) is 23.1. The molecule has 0 aliphatic rings. The summed E-state index contributed by atoms with van der Waals surface area (Å²) in [6, 6.07) is 19.4. The largest absolute Gasteiger partial charge is 0.496 e. The summed E-state index contributed by atoms with van der Waals surface area (Å²) in [6.45, 7) is 3.40. The maximum Gasteiger partial charge on any atom is 0.242 e. The van der Waals surface area contributed by atoms with E-state index in [4.69, 9.17) is 10.5 Å². The maximum atomic E-state index is 13.2. The topological polar surface area (TPSA) is 75.9 Å². The first-order chi connectivity index (χ1) is 15.4. The van der Waals surface area contributed by atoms with E-state index in [1.807, 2.05) is 77.5 Å². The van der Waals surface area contributed by atoms with Crippen molar-refractivity contribution in [3.63, 3.8) is 0 Å². The van der Waals surface area contributed by atoms with Crippen molar-refractivity contribution in [2.45, 2.75) is 19.9 Å². The fourth-order valence-electron chi connectivity index (χ4n) is 3.70. The Bertz CT molecular complexity index is 1100. The van der Waals surface area contributed by atoms with E-state index < -0.39 is 0 Å². The minimum atomic E-state index is 0.0267. The lowest BCUT2D eigenvalue weighted by Crippen LogP contribution is -2.39. The zero-order valence-electron chi connectivity index (χ0n) is 19.0. The van der Waals surface area contributed by atoms with Crippen LogP contribution in [0.5, 0.6) is 5.75 Å². The summed E-state index contributed by atoms with van der Waals surface area (Å²) in [5, 5.41) is 2.03. The molecule has 2 N–H and O–H groups in total. The van der Waals surface area contributed by atoms with E-state index in [0.717, 1.165) is 34.2 Å². The minimum Gasteiger partial charge on any atom is -0.496 e. The number of anilines is 1. The molecule has 0 spiro atoms. The van der Waals surface area contributed by atoms with Gasteiger partial charge in [0.1, 0.15) is 5.75 Å². The van der Waals surface area contributed by atoms with Gasteiger partial charge in [0.05, 0.1) is 13.7 Å². The molecule has 0 saturated carbocycles. The van der Waals surface area contributed by atoms with Crippen LogP contribution < -0.4 is 15.4 Å². The number of carbonyl (C=O) groups excluding carboxylic acids is 2. The van der Waals surface area contributed by atoms with Crippen LogP contribution in [-0.2, 0) is 11.3 Å². The number of Topliss-reactive ketones (excluding diaryl/α,β-unsaturated/α-hetero) is 1. The SMILES string of the molecule is COc1ccccc1CN(CCCN)C(=O)CN(C)c1ccc2cc(C(C)=O)ccc2c1. The standard InChI is InChI=1S/C26H31N3O3/c1-19(30)20-9-10-22-16-24(12-11-21(22)15-20)28(2)18-26(31)29(14-6-13-27)17-23-7-4-5-8-25(23)32-3/h4-5,7-12,15-16H,6,13-14,17-18,27H2,1-3H3. The molecule has 3 rings (SSSR count). The highest BCUT2D eigenvalue weighted by Gasteiger charge is 2.18. The number of hydrogen-bond donors (Lipinski definition) is 1. The summed E-state index contributed by atoms with van der Waals surface area (Å²) in [5.74, 6) is 0.844. The molecular formula is C26H31N3O3. The molecule has 6 heteroatoms. The van der Waals surface area contributed by atoms with Crippen molar-refractivity contribution in [3.8, 4) is 5.75 Å². The van der Waals surface area contributed by atoms with Gasteiger partial charge in [-0.05, 0) is 54.9 Å². The number of ketones is 1. The molecule has 0 fully saturated rings. The predicted octanol–water partition coefficient (Wildman–Crippen LogP) is 3.86. The fourth-order valence-corrected chi connectivity index (χ4v) is 3.70. The fraction of sp³-hybridized carbons (Fsp3) is 0.308. The molecule has 0 bridgehead atoms. The third kappa shape index (κ3) is 5.65. The van der Waals surface area contributed by atoms with Crippen LogP contribution in [0.4, 0.5) is 5.69 Å². The van der Waals surface area contributed by atoms with Crippen molar-refractivity contribution in [3.05, 3.63) is 71.8 Å². The molecule has 0 aromatic heterocycles. The lowest BCUT2D eigenvalue weighted by Gasteiger charge is -2.27. The van der Waals surface area contributed by atoms with Crippen molar-refractivity contribution in [2.75, 3.05) is 38.7 Å². The first-order valence-electron chi connectivity index (χ1n) is 10.8. The molecule has 0 aliphatic heterocycles. The van der Waals surface area contributed by atoms with Crippen LogP contribution in [0, 0.1) is 0 Å². The summed E-state index contributed by atoms with van der Waals surface area (Å²) in [6.07, 6.45) is 0.735. The van der Waals surface area contributed by atoms with Crippen LogP contribution in [0.2, 0.25) is 0 Å². The maximum absolute atomic E-state index is 13.2. The van der Waals surface area contributed by atoms with Gasteiger partial charge >= 0.3 is 0 Å². The molecule has 0 heterocycles. The van der Waals surface area contributed by atoms with Crippen molar-refractivity contribution < 1.29 is 14.3 Å². The number of nitrogens with two attached hydrogens (primary N) is 1. The van der Waals surface area contributed by atoms with Gasteiger partial charge in [-0.3, -0.25) is 9.59 Å². The van der Waals surface area contributed by atoms with Gasteiger partial charge in [0.25, 0.3) is 0 Å². The van der Waals surface area contributed by atoms with Gasteiger partial charge in [-0.1, -0.05) is 36.4 Å². The number of para-hydroxylation sites is 1. The van der Waals surface area contributed by atoms with E-state index in [1.54, 1.807) is 14.0 Å². The zero-order valence-corrected chi connectivity index (χ0v) is 19.0. The number of hydrogen-bond acceptors (Lipinski definition) is 5. The number of benzene rings is 3. The molecule has 0 unspecified atom stereocenters.